The number of benzene rings is 1. The number of anilines is 2. The van der Waals surface area contributed by atoms with Crippen molar-refractivity contribution in [2.24, 2.45) is 17.8 Å². The normalized spacial score (nSPS) is 29.7. The van der Waals surface area contributed by atoms with E-state index in [9.17, 15) is 4.79 Å². The highest BCUT2D eigenvalue weighted by Gasteiger charge is 2.40. The average Bonchev–Trinajstić information content (AvgIpc) is 3.19. The molecule has 4 heteroatoms. The molecule has 4 nitrogen and oxygen atoms in total. The van der Waals surface area contributed by atoms with E-state index in [-0.39, 0.29) is 5.91 Å². The first-order valence-corrected chi connectivity index (χ1v) is 9.01. The Morgan fingerprint density at radius 2 is 2.00 bits per heavy atom. The summed E-state index contributed by atoms with van der Waals surface area (Å²) in [6.45, 7) is 3.29. The fourth-order valence-corrected chi connectivity index (χ4v) is 4.73. The zero-order chi connectivity index (χ0) is 15.6. The van der Waals surface area contributed by atoms with Crippen molar-refractivity contribution in [3.05, 3.63) is 24.3 Å². The number of morpholine rings is 1. The molecule has 0 aromatic heterocycles. The summed E-state index contributed by atoms with van der Waals surface area (Å²) in [7, 11) is 0. The SMILES string of the molecule is O=C(CC1CC2CCC1C2)Nc1ccccc1N1CCOCC1. The van der Waals surface area contributed by atoms with Gasteiger partial charge in [-0.3, -0.25) is 4.79 Å². The zero-order valence-electron chi connectivity index (χ0n) is 13.7. The highest BCUT2D eigenvalue weighted by Crippen LogP contribution is 2.49. The third-order valence-electron chi connectivity index (χ3n) is 5.86. The third kappa shape index (κ3) is 3.23. The van der Waals surface area contributed by atoms with E-state index in [1.807, 2.05) is 18.2 Å². The molecule has 1 amide bonds. The summed E-state index contributed by atoms with van der Waals surface area (Å²) in [6.07, 6.45) is 6.06. The van der Waals surface area contributed by atoms with Crippen molar-refractivity contribution in [2.75, 3.05) is 36.5 Å². The van der Waals surface area contributed by atoms with Gasteiger partial charge in [-0.25, -0.2) is 0 Å². The van der Waals surface area contributed by atoms with Gasteiger partial charge >= 0.3 is 0 Å². The van der Waals surface area contributed by atoms with Crippen LogP contribution >= 0.6 is 0 Å². The number of fused-ring (bicyclic) bond motifs is 2. The van der Waals surface area contributed by atoms with Gasteiger partial charge in [-0.2, -0.15) is 0 Å². The fraction of sp³-hybridized carbons (Fsp3) is 0.632. The van der Waals surface area contributed by atoms with Crippen LogP contribution in [0.1, 0.15) is 32.1 Å². The first kappa shape index (κ1) is 15.0. The Morgan fingerprint density at radius 1 is 1.17 bits per heavy atom. The lowest BCUT2D eigenvalue weighted by Gasteiger charge is -2.30. The van der Waals surface area contributed by atoms with E-state index in [0.29, 0.717) is 12.3 Å². The molecule has 1 saturated heterocycles. The van der Waals surface area contributed by atoms with Gasteiger partial charge in [-0.1, -0.05) is 18.6 Å². The maximum atomic E-state index is 12.5. The van der Waals surface area contributed by atoms with E-state index in [1.54, 1.807) is 0 Å². The third-order valence-corrected chi connectivity index (χ3v) is 5.86. The van der Waals surface area contributed by atoms with Gasteiger partial charge in [0.15, 0.2) is 0 Å². The number of rotatable bonds is 4. The number of hydrogen-bond acceptors (Lipinski definition) is 3. The second kappa shape index (κ2) is 6.52. The van der Waals surface area contributed by atoms with Gasteiger partial charge in [0.1, 0.15) is 0 Å². The van der Waals surface area contributed by atoms with Gasteiger partial charge in [0.25, 0.3) is 0 Å². The minimum Gasteiger partial charge on any atom is -0.378 e. The van der Waals surface area contributed by atoms with Crippen LogP contribution in [-0.2, 0) is 9.53 Å². The van der Waals surface area contributed by atoms with Gasteiger partial charge in [0.05, 0.1) is 24.6 Å². The van der Waals surface area contributed by atoms with Crippen molar-refractivity contribution in [3.63, 3.8) is 0 Å². The summed E-state index contributed by atoms with van der Waals surface area (Å²) < 4.78 is 5.43. The highest BCUT2D eigenvalue weighted by atomic mass is 16.5. The summed E-state index contributed by atoms with van der Waals surface area (Å²) in [6, 6.07) is 8.15. The molecule has 0 radical (unpaired) electrons. The summed E-state index contributed by atoms with van der Waals surface area (Å²) in [5.74, 6) is 2.51. The van der Waals surface area contributed by atoms with E-state index in [4.69, 9.17) is 4.74 Å². The molecular weight excluding hydrogens is 288 g/mol. The molecule has 1 aliphatic heterocycles. The Morgan fingerprint density at radius 3 is 2.74 bits per heavy atom. The molecule has 1 aromatic carbocycles. The number of hydrogen-bond donors (Lipinski definition) is 1. The summed E-state index contributed by atoms with van der Waals surface area (Å²) in [5, 5.41) is 3.17. The van der Waals surface area contributed by atoms with E-state index in [1.165, 1.54) is 25.7 Å². The van der Waals surface area contributed by atoms with Crippen LogP contribution in [0, 0.1) is 17.8 Å². The Hall–Kier alpha value is -1.55. The minimum atomic E-state index is 0.184. The molecule has 2 saturated carbocycles. The minimum absolute atomic E-state index is 0.184. The van der Waals surface area contributed by atoms with Crippen LogP contribution in [0.25, 0.3) is 0 Å². The molecule has 124 valence electrons. The molecule has 1 aromatic rings. The van der Waals surface area contributed by atoms with Crippen LogP contribution in [0.5, 0.6) is 0 Å². The van der Waals surface area contributed by atoms with Crippen molar-refractivity contribution < 1.29 is 9.53 Å². The summed E-state index contributed by atoms with van der Waals surface area (Å²) in [4.78, 5) is 14.8. The second-order valence-corrected chi connectivity index (χ2v) is 7.30. The smallest absolute Gasteiger partial charge is 0.224 e. The van der Waals surface area contributed by atoms with Gasteiger partial charge in [-0.05, 0) is 49.1 Å². The molecule has 3 fully saturated rings. The van der Waals surface area contributed by atoms with Crippen LogP contribution in [0.15, 0.2) is 24.3 Å². The Labute approximate surface area is 138 Å². The molecule has 2 aliphatic carbocycles. The van der Waals surface area contributed by atoms with Crippen LogP contribution < -0.4 is 10.2 Å². The van der Waals surface area contributed by atoms with Gasteiger partial charge in [0.2, 0.25) is 5.91 Å². The van der Waals surface area contributed by atoms with E-state index in [2.05, 4.69) is 16.3 Å². The largest absolute Gasteiger partial charge is 0.378 e. The molecule has 0 spiro atoms. The Bertz CT molecular complexity index is 568. The van der Waals surface area contributed by atoms with Crippen LogP contribution in [0.3, 0.4) is 0 Å². The van der Waals surface area contributed by atoms with Crippen LogP contribution in [0.2, 0.25) is 0 Å². The highest BCUT2D eigenvalue weighted by molar-refractivity contribution is 5.94. The second-order valence-electron chi connectivity index (χ2n) is 7.30. The van der Waals surface area contributed by atoms with Gasteiger partial charge in [-0.15, -0.1) is 0 Å². The summed E-state index contributed by atoms with van der Waals surface area (Å²) in [5.41, 5.74) is 2.07. The number of nitrogens with one attached hydrogen (secondary N) is 1. The van der Waals surface area contributed by atoms with Crippen molar-refractivity contribution >= 4 is 17.3 Å². The summed E-state index contributed by atoms with van der Waals surface area (Å²) >= 11 is 0. The monoisotopic (exact) mass is 314 g/mol. The first-order chi connectivity index (χ1) is 11.3. The standard InChI is InChI=1S/C19H26N2O2/c22-19(13-16-12-14-5-6-15(16)11-14)20-17-3-1-2-4-18(17)21-7-9-23-10-8-21/h1-4,14-16H,5-13H2,(H,20,22). The lowest BCUT2D eigenvalue weighted by Crippen LogP contribution is -2.36. The van der Waals surface area contributed by atoms with Gasteiger partial charge < -0.3 is 15.0 Å². The molecule has 3 atom stereocenters. The van der Waals surface area contributed by atoms with E-state index < -0.39 is 0 Å². The van der Waals surface area contributed by atoms with Crippen molar-refractivity contribution in [1.82, 2.24) is 0 Å². The number of carbonyl (C=O) groups is 1. The topological polar surface area (TPSA) is 41.6 Å². The van der Waals surface area contributed by atoms with Gasteiger partial charge in [0, 0.05) is 19.5 Å². The number of amides is 1. The molecule has 4 rings (SSSR count). The van der Waals surface area contributed by atoms with Crippen molar-refractivity contribution in [1.29, 1.82) is 0 Å². The number of nitrogens with zero attached hydrogens (tertiary/aromatic N) is 1. The van der Waals surface area contributed by atoms with Crippen molar-refractivity contribution in [3.8, 4) is 0 Å². The quantitative estimate of drug-likeness (QED) is 0.927. The molecule has 1 heterocycles. The predicted octanol–water partition coefficient (Wildman–Crippen LogP) is 3.29. The predicted molar refractivity (Wildman–Crippen MR) is 91.7 cm³/mol. The molecule has 23 heavy (non-hydrogen) atoms. The molecule has 2 bridgehead atoms. The zero-order valence-corrected chi connectivity index (χ0v) is 13.7. The van der Waals surface area contributed by atoms with Crippen LogP contribution in [-0.4, -0.2) is 32.2 Å². The lowest BCUT2D eigenvalue weighted by molar-refractivity contribution is -0.117. The number of carbonyl (C=O) groups excluding carboxylic acids is 1. The molecule has 1 N–H and O–H groups in total. The molecule has 3 unspecified atom stereocenters. The number of para-hydroxylation sites is 2. The first-order valence-electron chi connectivity index (χ1n) is 9.01. The van der Waals surface area contributed by atoms with E-state index >= 15 is 0 Å². The molecular formula is C19H26N2O2. The number of ether oxygens (including phenoxy) is 1. The maximum absolute atomic E-state index is 12.5. The maximum Gasteiger partial charge on any atom is 0.224 e. The average molecular weight is 314 g/mol. The Balaban J connectivity index is 1.41. The Kier molecular flexibility index (Phi) is 4.25. The molecule has 3 aliphatic rings. The van der Waals surface area contributed by atoms with Crippen molar-refractivity contribution in [2.45, 2.75) is 32.1 Å². The van der Waals surface area contributed by atoms with Crippen LogP contribution in [0.4, 0.5) is 11.4 Å². The van der Waals surface area contributed by atoms with E-state index in [0.717, 1.165) is 49.5 Å². The fourth-order valence-electron chi connectivity index (χ4n) is 4.73. The lowest BCUT2D eigenvalue weighted by atomic mass is 9.86.